The average molecular weight is 350 g/mol. The molecule has 3 heteroatoms. The summed E-state index contributed by atoms with van der Waals surface area (Å²) >= 11 is 0. The molecule has 3 rings (SSSR count). The Balaban J connectivity index is 1.67. The number of nitrogens with one attached hydrogen (secondary N) is 1. The maximum Gasteiger partial charge on any atom is 0.0968 e. The molecule has 3 nitrogen and oxygen atoms in total. The lowest BCUT2D eigenvalue weighted by Crippen LogP contribution is -2.45. The van der Waals surface area contributed by atoms with Gasteiger partial charge in [0.1, 0.15) is 0 Å². The third-order valence-electron chi connectivity index (χ3n) is 5.05. The van der Waals surface area contributed by atoms with Crippen LogP contribution in [0.1, 0.15) is 38.3 Å². The van der Waals surface area contributed by atoms with E-state index in [0.717, 1.165) is 26.1 Å². The van der Waals surface area contributed by atoms with Gasteiger partial charge in [-0.15, -0.1) is 0 Å². The van der Waals surface area contributed by atoms with Gasteiger partial charge in [0.2, 0.25) is 0 Å². The van der Waals surface area contributed by atoms with Crippen LogP contribution in [-0.2, 0) is 13.1 Å². The van der Waals surface area contributed by atoms with Crippen molar-refractivity contribution in [2.75, 3.05) is 6.54 Å². The summed E-state index contributed by atoms with van der Waals surface area (Å²) in [7, 11) is 0. The lowest BCUT2D eigenvalue weighted by molar-refractivity contribution is 0.267. The third kappa shape index (κ3) is 4.95. The standard InChI is InChI=1S/C23H31N3/c1-18(2)14-22-23(16-24-15-20-10-6-4-7-11-20)26(19(3)25-22)17-21-12-8-5-9-13-21/h4-13,18,22-24H,14-17H2,1-3H3/t22-,23-/m1/s1. The molecule has 0 spiro atoms. The number of hydrogen-bond donors (Lipinski definition) is 1. The number of rotatable bonds is 8. The summed E-state index contributed by atoms with van der Waals surface area (Å²) < 4.78 is 0. The quantitative estimate of drug-likeness (QED) is 0.760. The van der Waals surface area contributed by atoms with Crippen molar-refractivity contribution in [1.82, 2.24) is 10.2 Å². The minimum atomic E-state index is 0.377. The van der Waals surface area contributed by atoms with Gasteiger partial charge in [0, 0.05) is 19.6 Å². The van der Waals surface area contributed by atoms with E-state index in [1.807, 2.05) is 0 Å². The molecule has 1 aliphatic heterocycles. The van der Waals surface area contributed by atoms with Crippen molar-refractivity contribution in [2.45, 2.75) is 52.4 Å². The van der Waals surface area contributed by atoms with Crippen LogP contribution in [0.4, 0.5) is 0 Å². The molecule has 26 heavy (non-hydrogen) atoms. The van der Waals surface area contributed by atoms with Gasteiger partial charge in [0.15, 0.2) is 0 Å². The Morgan fingerprint density at radius 3 is 2.19 bits per heavy atom. The maximum absolute atomic E-state index is 5.02. The summed E-state index contributed by atoms with van der Waals surface area (Å²) in [5.41, 5.74) is 2.68. The SMILES string of the molecule is CC1=N[C@H](CC(C)C)[C@@H](CNCc2ccccc2)N1Cc1ccccc1. The fraction of sp³-hybridized carbons (Fsp3) is 0.435. The highest BCUT2D eigenvalue weighted by atomic mass is 15.3. The van der Waals surface area contributed by atoms with Crippen LogP contribution < -0.4 is 5.32 Å². The molecule has 0 bridgehead atoms. The summed E-state index contributed by atoms with van der Waals surface area (Å²) in [6.07, 6.45) is 1.14. The van der Waals surface area contributed by atoms with Gasteiger partial charge in [0.05, 0.1) is 17.9 Å². The predicted octanol–water partition coefficient (Wildman–Crippen LogP) is 4.49. The Bertz CT molecular complexity index is 694. The van der Waals surface area contributed by atoms with Gasteiger partial charge in [-0.3, -0.25) is 4.99 Å². The fourth-order valence-corrected chi connectivity index (χ4v) is 3.76. The van der Waals surface area contributed by atoms with Crippen LogP contribution in [-0.4, -0.2) is 29.4 Å². The van der Waals surface area contributed by atoms with Crippen molar-refractivity contribution in [2.24, 2.45) is 10.9 Å². The third-order valence-corrected chi connectivity index (χ3v) is 5.05. The van der Waals surface area contributed by atoms with Crippen LogP contribution in [0, 0.1) is 5.92 Å². The molecule has 0 saturated carbocycles. The van der Waals surface area contributed by atoms with E-state index in [4.69, 9.17) is 4.99 Å². The van der Waals surface area contributed by atoms with E-state index in [1.54, 1.807) is 0 Å². The van der Waals surface area contributed by atoms with Gasteiger partial charge >= 0.3 is 0 Å². The first kappa shape index (κ1) is 18.7. The molecule has 2 aromatic rings. The molecule has 0 aromatic heterocycles. The van der Waals surface area contributed by atoms with Crippen LogP contribution in [0.25, 0.3) is 0 Å². The lowest BCUT2D eigenvalue weighted by Gasteiger charge is -2.31. The van der Waals surface area contributed by atoms with Gasteiger partial charge in [-0.1, -0.05) is 74.5 Å². The van der Waals surface area contributed by atoms with E-state index < -0.39 is 0 Å². The van der Waals surface area contributed by atoms with Gasteiger partial charge in [-0.05, 0) is 30.4 Å². The molecule has 0 radical (unpaired) electrons. The first-order valence-electron chi connectivity index (χ1n) is 9.73. The van der Waals surface area contributed by atoms with Gasteiger partial charge in [0.25, 0.3) is 0 Å². The second kappa shape index (κ2) is 9.00. The monoisotopic (exact) mass is 349 g/mol. The van der Waals surface area contributed by atoms with E-state index in [9.17, 15) is 0 Å². The molecule has 1 aliphatic rings. The van der Waals surface area contributed by atoms with Crippen LogP contribution in [0.2, 0.25) is 0 Å². The van der Waals surface area contributed by atoms with Crippen LogP contribution in [0.3, 0.4) is 0 Å². The zero-order valence-electron chi connectivity index (χ0n) is 16.2. The molecule has 2 atom stereocenters. The Morgan fingerprint density at radius 1 is 0.962 bits per heavy atom. The molecule has 0 unspecified atom stereocenters. The molecule has 2 aromatic carbocycles. The smallest absolute Gasteiger partial charge is 0.0968 e. The van der Waals surface area contributed by atoms with Crippen molar-refractivity contribution < 1.29 is 0 Å². The lowest BCUT2D eigenvalue weighted by atomic mass is 9.97. The van der Waals surface area contributed by atoms with Crippen molar-refractivity contribution >= 4 is 5.84 Å². The molecule has 1 N–H and O–H groups in total. The molecule has 0 aliphatic carbocycles. The van der Waals surface area contributed by atoms with E-state index in [-0.39, 0.29) is 0 Å². The second-order valence-corrected chi connectivity index (χ2v) is 7.67. The molecule has 1 heterocycles. The van der Waals surface area contributed by atoms with Crippen LogP contribution in [0.15, 0.2) is 65.7 Å². The Morgan fingerprint density at radius 2 is 1.58 bits per heavy atom. The number of benzene rings is 2. The summed E-state index contributed by atoms with van der Waals surface area (Å²) in [6, 6.07) is 22.1. The normalized spacial score (nSPS) is 19.8. The number of hydrogen-bond acceptors (Lipinski definition) is 3. The zero-order valence-corrected chi connectivity index (χ0v) is 16.2. The molecule has 0 amide bonds. The highest BCUT2D eigenvalue weighted by molar-refractivity contribution is 5.82. The van der Waals surface area contributed by atoms with Gasteiger partial charge in [-0.2, -0.15) is 0 Å². The van der Waals surface area contributed by atoms with E-state index in [2.05, 4.69) is 91.7 Å². The molecule has 138 valence electrons. The van der Waals surface area contributed by atoms with Gasteiger partial charge < -0.3 is 10.2 Å². The van der Waals surface area contributed by atoms with Crippen molar-refractivity contribution in [1.29, 1.82) is 0 Å². The van der Waals surface area contributed by atoms with Crippen molar-refractivity contribution in [3.8, 4) is 0 Å². The summed E-state index contributed by atoms with van der Waals surface area (Å²) in [5, 5.41) is 3.67. The fourth-order valence-electron chi connectivity index (χ4n) is 3.76. The van der Waals surface area contributed by atoms with Crippen LogP contribution in [0.5, 0.6) is 0 Å². The highest BCUT2D eigenvalue weighted by Gasteiger charge is 2.34. The molecule has 0 saturated heterocycles. The number of nitrogens with zero attached hydrogens (tertiary/aromatic N) is 2. The molecule has 0 fully saturated rings. The van der Waals surface area contributed by atoms with Gasteiger partial charge in [-0.25, -0.2) is 0 Å². The molecular weight excluding hydrogens is 318 g/mol. The first-order chi connectivity index (χ1) is 12.6. The van der Waals surface area contributed by atoms with E-state index >= 15 is 0 Å². The van der Waals surface area contributed by atoms with Crippen LogP contribution >= 0.6 is 0 Å². The van der Waals surface area contributed by atoms with E-state index in [0.29, 0.717) is 18.0 Å². The maximum atomic E-state index is 5.02. The predicted molar refractivity (Wildman–Crippen MR) is 110 cm³/mol. The largest absolute Gasteiger partial charge is 0.350 e. The van der Waals surface area contributed by atoms with Crippen molar-refractivity contribution in [3.63, 3.8) is 0 Å². The number of aliphatic imine (C=N–C) groups is 1. The second-order valence-electron chi connectivity index (χ2n) is 7.67. The summed E-state index contributed by atoms with van der Waals surface area (Å²) in [4.78, 5) is 7.50. The first-order valence-corrected chi connectivity index (χ1v) is 9.73. The Labute approximate surface area is 158 Å². The summed E-state index contributed by atoms with van der Waals surface area (Å²) in [5.74, 6) is 1.83. The van der Waals surface area contributed by atoms with Crippen molar-refractivity contribution in [3.05, 3.63) is 71.8 Å². The zero-order chi connectivity index (χ0) is 18.4. The number of amidine groups is 1. The highest BCUT2D eigenvalue weighted by Crippen LogP contribution is 2.25. The average Bonchev–Trinajstić information content (AvgIpc) is 2.91. The summed E-state index contributed by atoms with van der Waals surface area (Å²) in [6.45, 7) is 9.54. The minimum absolute atomic E-state index is 0.377. The Hall–Kier alpha value is -2.13. The molecular formula is C23H31N3. The topological polar surface area (TPSA) is 27.6 Å². The van der Waals surface area contributed by atoms with E-state index in [1.165, 1.54) is 17.0 Å². The Kier molecular flexibility index (Phi) is 6.45. The minimum Gasteiger partial charge on any atom is -0.350 e.